The molecule has 0 aliphatic carbocycles. The summed E-state index contributed by atoms with van der Waals surface area (Å²) >= 11 is 4.85. The van der Waals surface area contributed by atoms with Gasteiger partial charge in [0.1, 0.15) is 5.82 Å². The van der Waals surface area contributed by atoms with E-state index in [9.17, 15) is 4.39 Å². The molecule has 0 aliphatic heterocycles. The lowest BCUT2D eigenvalue weighted by Gasteiger charge is -2.05. The SMILES string of the molecule is COc1cc(-c2nc(=S)nc(N)[nH]2)ccc1F. The van der Waals surface area contributed by atoms with Gasteiger partial charge < -0.3 is 15.5 Å². The third kappa shape index (κ3) is 2.39. The van der Waals surface area contributed by atoms with Gasteiger partial charge in [-0.25, -0.2) is 9.37 Å². The van der Waals surface area contributed by atoms with E-state index in [0.717, 1.165) is 0 Å². The number of aromatic amines is 1. The van der Waals surface area contributed by atoms with E-state index in [-0.39, 0.29) is 16.5 Å². The summed E-state index contributed by atoms with van der Waals surface area (Å²) in [7, 11) is 1.39. The van der Waals surface area contributed by atoms with Crippen LogP contribution in [0.2, 0.25) is 0 Å². The number of ether oxygens (including phenoxy) is 1. The quantitative estimate of drug-likeness (QED) is 0.799. The predicted molar refractivity (Wildman–Crippen MR) is 63.6 cm³/mol. The summed E-state index contributed by atoms with van der Waals surface area (Å²) in [6, 6.07) is 4.33. The van der Waals surface area contributed by atoms with Gasteiger partial charge in [0.25, 0.3) is 0 Å². The predicted octanol–water partition coefficient (Wildman–Crippen LogP) is 1.93. The summed E-state index contributed by atoms with van der Waals surface area (Å²) in [4.78, 5) is 10.5. The molecule has 1 aromatic carbocycles. The highest BCUT2D eigenvalue weighted by atomic mass is 32.1. The number of nitrogen functional groups attached to an aromatic ring is 1. The molecule has 0 saturated heterocycles. The van der Waals surface area contributed by atoms with Crippen molar-refractivity contribution in [2.75, 3.05) is 12.8 Å². The van der Waals surface area contributed by atoms with Crippen LogP contribution in [0.4, 0.5) is 10.3 Å². The van der Waals surface area contributed by atoms with Gasteiger partial charge in [-0.15, -0.1) is 0 Å². The molecule has 0 unspecified atom stereocenters. The molecule has 17 heavy (non-hydrogen) atoms. The highest BCUT2D eigenvalue weighted by molar-refractivity contribution is 7.71. The van der Waals surface area contributed by atoms with Crippen LogP contribution in [0.3, 0.4) is 0 Å². The van der Waals surface area contributed by atoms with E-state index in [1.54, 1.807) is 6.07 Å². The highest BCUT2D eigenvalue weighted by Gasteiger charge is 2.07. The number of benzene rings is 1. The summed E-state index contributed by atoms with van der Waals surface area (Å²) in [5.41, 5.74) is 6.13. The Bertz CT molecular complexity index is 613. The molecule has 5 nitrogen and oxygen atoms in total. The number of nitrogens with zero attached hydrogens (tertiary/aromatic N) is 2. The van der Waals surface area contributed by atoms with Gasteiger partial charge in [-0.2, -0.15) is 4.98 Å². The second kappa shape index (κ2) is 4.46. The number of nitrogens with two attached hydrogens (primary N) is 1. The van der Waals surface area contributed by atoms with Crippen LogP contribution in [0.1, 0.15) is 0 Å². The summed E-state index contributed by atoms with van der Waals surface area (Å²) in [5, 5.41) is 0. The zero-order chi connectivity index (χ0) is 12.4. The lowest BCUT2D eigenvalue weighted by Crippen LogP contribution is -2.00. The van der Waals surface area contributed by atoms with Crippen molar-refractivity contribution < 1.29 is 9.13 Å². The van der Waals surface area contributed by atoms with Crippen LogP contribution < -0.4 is 10.5 Å². The summed E-state index contributed by atoms with van der Waals surface area (Å²) in [6.45, 7) is 0. The maximum absolute atomic E-state index is 13.2. The normalized spacial score (nSPS) is 10.2. The second-order valence-corrected chi connectivity index (χ2v) is 3.58. The molecule has 1 aromatic heterocycles. The molecule has 0 atom stereocenters. The average molecular weight is 252 g/mol. The Labute approximate surface area is 101 Å². The molecule has 2 aromatic rings. The molecule has 2 rings (SSSR count). The molecule has 0 bridgehead atoms. The molecule has 0 radical (unpaired) electrons. The zero-order valence-corrected chi connectivity index (χ0v) is 9.71. The van der Waals surface area contributed by atoms with Crippen LogP contribution in [0, 0.1) is 10.6 Å². The third-order valence-electron chi connectivity index (χ3n) is 2.09. The molecular weight excluding hydrogens is 243 g/mol. The Morgan fingerprint density at radius 3 is 2.82 bits per heavy atom. The number of methoxy groups -OCH3 is 1. The van der Waals surface area contributed by atoms with Crippen molar-refractivity contribution in [3.05, 3.63) is 28.8 Å². The Kier molecular flexibility index (Phi) is 3.01. The van der Waals surface area contributed by atoms with Crippen LogP contribution in [0.15, 0.2) is 18.2 Å². The Morgan fingerprint density at radius 2 is 2.18 bits per heavy atom. The van der Waals surface area contributed by atoms with Gasteiger partial charge in [0.05, 0.1) is 7.11 Å². The smallest absolute Gasteiger partial charge is 0.224 e. The van der Waals surface area contributed by atoms with Gasteiger partial charge >= 0.3 is 0 Å². The molecule has 3 N–H and O–H groups in total. The summed E-state index contributed by atoms with van der Waals surface area (Å²) in [6.07, 6.45) is 0. The van der Waals surface area contributed by atoms with Gasteiger partial charge in [0.2, 0.25) is 10.7 Å². The number of aromatic nitrogens is 3. The van der Waals surface area contributed by atoms with E-state index in [0.29, 0.717) is 11.4 Å². The number of hydrogen-bond donors (Lipinski definition) is 2. The molecule has 88 valence electrons. The van der Waals surface area contributed by atoms with E-state index >= 15 is 0 Å². The summed E-state index contributed by atoms with van der Waals surface area (Å²) in [5.74, 6) is 0.250. The standard InChI is InChI=1S/C10H9FN4OS/c1-16-7-4-5(2-3-6(7)11)8-13-9(12)15-10(17)14-8/h2-4H,1H3,(H3,12,13,14,15,17). The van der Waals surface area contributed by atoms with Crippen molar-refractivity contribution in [2.24, 2.45) is 0 Å². The van der Waals surface area contributed by atoms with Crippen LogP contribution >= 0.6 is 12.2 Å². The number of H-pyrrole nitrogens is 1. The Morgan fingerprint density at radius 1 is 1.41 bits per heavy atom. The molecule has 1 heterocycles. The molecule has 7 heteroatoms. The van der Waals surface area contributed by atoms with Crippen LogP contribution in [-0.2, 0) is 0 Å². The van der Waals surface area contributed by atoms with Crippen molar-refractivity contribution in [1.29, 1.82) is 0 Å². The maximum Gasteiger partial charge on any atom is 0.224 e. The van der Waals surface area contributed by atoms with E-state index in [2.05, 4.69) is 15.0 Å². The van der Waals surface area contributed by atoms with Crippen LogP contribution in [-0.4, -0.2) is 22.1 Å². The molecular formula is C10H9FN4OS. The number of halogens is 1. The summed E-state index contributed by atoms with van der Waals surface area (Å²) < 4.78 is 18.2. The first-order valence-corrected chi connectivity index (χ1v) is 5.08. The average Bonchev–Trinajstić information content (AvgIpc) is 2.28. The van der Waals surface area contributed by atoms with E-state index in [1.165, 1.54) is 19.2 Å². The minimum Gasteiger partial charge on any atom is -0.494 e. The first-order valence-electron chi connectivity index (χ1n) is 4.68. The minimum atomic E-state index is -0.447. The fourth-order valence-corrected chi connectivity index (χ4v) is 1.53. The topological polar surface area (TPSA) is 76.8 Å². The van der Waals surface area contributed by atoms with Gasteiger partial charge in [0, 0.05) is 5.56 Å². The maximum atomic E-state index is 13.2. The zero-order valence-electron chi connectivity index (χ0n) is 8.90. The van der Waals surface area contributed by atoms with Gasteiger partial charge in [0.15, 0.2) is 11.6 Å². The van der Waals surface area contributed by atoms with Crippen molar-refractivity contribution in [1.82, 2.24) is 15.0 Å². The first kappa shape index (κ1) is 11.5. The van der Waals surface area contributed by atoms with Gasteiger partial charge in [-0.3, -0.25) is 0 Å². The second-order valence-electron chi connectivity index (χ2n) is 3.21. The Balaban J connectivity index is 2.56. The lowest BCUT2D eigenvalue weighted by molar-refractivity contribution is 0.386. The van der Waals surface area contributed by atoms with E-state index in [1.807, 2.05) is 0 Å². The lowest BCUT2D eigenvalue weighted by atomic mass is 10.2. The fraction of sp³-hybridized carbons (Fsp3) is 0.100. The largest absolute Gasteiger partial charge is 0.494 e. The minimum absolute atomic E-state index is 0.124. The molecule has 0 saturated carbocycles. The van der Waals surface area contributed by atoms with Crippen molar-refractivity contribution in [2.45, 2.75) is 0 Å². The van der Waals surface area contributed by atoms with Crippen molar-refractivity contribution >= 4 is 18.2 Å². The first-order chi connectivity index (χ1) is 8.10. The molecule has 0 amide bonds. The fourth-order valence-electron chi connectivity index (χ4n) is 1.34. The number of nitrogens with one attached hydrogen (secondary N) is 1. The van der Waals surface area contributed by atoms with Crippen LogP contribution in [0.25, 0.3) is 11.4 Å². The molecule has 0 aliphatic rings. The van der Waals surface area contributed by atoms with Crippen LogP contribution in [0.5, 0.6) is 5.75 Å². The number of anilines is 1. The monoisotopic (exact) mass is 252 g/mol. The Hall–Kier alpha value is -2.02. The highest BCUT2D eigenvalue weighted by Crippen LogP contribution is 2.23. The van der Waals surface area contributed by atoms with Crippen molar-refractivity contribution in [3.63, 3.8) is 0 Å². The molecule has 0 fully saturated rings. The third-order valence-corrected chi connectivity index (χ3v) is 2.28. The van der Waals surface area contributed by atoms with Gasteiger partial charge in [-0.05, 0) is 30.4 Å². The number of hydrogen-bond acceptors (Lipinski definition) is 5. The van der Waals surface area contributed by atoms with E-state index < -0.39 is 5.82 Å². The van der Waals surface area contributed by atoms with Crippen molar-refractivity contribution in [3.8, 4) is 17.1 Å². The number of rotatable bonds is 2. The molecule has 0 spiro atoms. The van der Waals surface area contributed by atoms with E-state index in [4.69, 9.17) is 22.7 Å². The van der Waals surface area contributed by atoms with Gasteiger partial charge in [-0.1, -0.05) is 0 Å².